The van der Waals surface area contributed by atoms with E-state index in [-0.39, 0.29) is 23.6 Å². The Bertz CT molecular complexity index is 1360. The number of hydrogen-bond donors (Lipinski definition) is 1. The molecule has 1 N–H and O–H groups in total. The Hall–Kier alpha value is -3.81. The van der Waals surface area contributed by atoms with E-state index in [9.17, 15) is 14.4 Å². The summed E-state index contributed by atoms with van der Waals surface area (Å²) >= 11 is 0. The molecule has 6 rings (SSSR count). The first kappa shape index (κ1) is 22.6. The van der Waals surface area contributed by atoms with Crippen molar-refractivity contribution in [1.82, 2.24) is 25.0 Å². The zero-order valence-electron chi connectivity index (χ0n) is 19.8. The van der Waals surface area contributed by atoms with Gasteiger partial charge in [0.25, 0.3) is 5.91 Å². The van der Waals surface area contributed by atoms with Gasteiger partial charge in [0.15, 0.2) is 5.82 Å². The van der Waals surface area contributed by atoms with E-state index < -0.39 is 5.82 Å². The van der Waals surface area contributed by atoms with Crippen LogP contribution in [0.5, 0.6) is 0 Å². The molecule has 3 aliphatic heterocycles. The maximum absolute atomic E-state index is 14.8. The van der Waals surface area contributed by atoms with E-state index in [0.29, 0.717) is 28.7 Å². The van der Waals surface area contributed by atoms with E-state index in [1.54, 1.807) is 16.8 Å². The zero-order chi connectivity index (χ0) is 24.6. The predicted octanol–water partition coefficient (Wildman–Crippen LogP) is 2.49. The minimum Gasteiger partial charge on any atom is -0.379 e. The van der Waals surface area contributed by atoms with Crippen molar-refractivity contribution in [1.29, 1.82) is 5.26 Å². The highest BCUT2D eigenvalue weighted by molar-refractivity contribution is 6.01. The van der Waals surface area contributed by atoms with Gasteiger partial charge in [-0.15, -0.1) is 0 Å². The lowest BCUT2D eigenvalue weighted by Gasteiger charge is -2.40. The number of nitrogens with one attached hydrogen (secondary N) is 1. The highest BCUT2D eigenvalue weighted by Crippen LogP contribution is 2.32. The molecule has 2 fully saturated rings. The number of hydrogen-bond acceptors (Lipinski definition) is 7. The third kappa shape index (κ3) is 4.00. The number of carbonyl (C=O) groups excluding carboxylic acids is 1. The van der Waals surface area contributed by atoms with Crippen molar-refractivity contribution in [3.05, 3.63) is 59.2 Å². The Morgan fingerprint density at radius 1 is 1.17 bits per heavy atom. The molecule has 9 nitrogen and oxygen atoms in total. The zero-order valence-corrected chi connectivity index (χ0v) is 19.8. The van der Waals surface area contributed by atoms with Gasteiger partial charge >= 0.3 is 0 Å². The van der Waals surface area contributed by atoms with Gasteiger partial charge in [-0.3, -0.25) is 9.69 Å². The lowest BCUT2D eigenvalue weighted by atomic mass is 10.0. The topological polar surface area (TPSA) is 99.3 Å². The molecule has 2 aromatic heterocycles. The van der Waals surface area contributed by atoms with Crippen LogP contribution in [0.1, 0.15) is 34.5 Å². The third-order valence-corrected chi connectivity index (χ3v) is 7.21. The fourth-order valence-electron chi connectivity index (χ4n) is 5.42. The number of aromatic nitrogens is 3. The van der Waals surface area contributed by atoms with Gasteiger partial charge in [0.2, 0.25) is 0 Å². The van der Waals surface area contributed by atoms with Gasteiger partial charge in [0.05, 0.1) is 59.6 Å². The van der Waals surface area contributed by atoms with Crippen LogP contribution in [0, 0.1) is 17.1 Å². The molecule has 3 aliphatic rings. The summed E-state index contributed by atoms with van der Waals surface area (Å²) < 4.78 is 22.0. The van der Waals surface area contributed by atoms with Crippen molar-refractivity contribution in [3.63, 3.8) is 0 Å². The van der Waals surface area contributed by atoms with Gasteiger partial charge in [-0.1, -0.05) is 6.07 Å². The maximum atomic E-state index is 14.8. The molecule has 0 radical (unpaired) electrons. The number of rotatable bonds is 4. The summed E-state index contributed by atoms with van der Waals surface area (Å²) in [6.45, 7) is 5.50. The van der Waals surface area contributed by atoms with Crippen LogP contribution >= 0.6 is 0 Å². The molecule has 3 aromatic rings. The van der Waals surface area contributed by atoms with Crippen LogP contribution in [-0.4, -0.2) is 71.0 Å². The highest BCUT2D eigenvalue weighted by Gasteiger charge is 2.30. The molecule has 0 spiro atoms. The number of carbonyl (C=O) groups is 1. The number of anilines is 1. The lowest BCUT2D eigenvalue weighted by molar-refractivity contribution is 0.0137. The van der Waals surface area contributed by atoms with E-state index >= 15 is 0 Å². The number of ether oxygens (including phenoxy) is 1. The van der Waals surface area contributed by atoms with Crippen molar-refractivity contribution < 1.29 is 13.9 Å². The molecule has 0 aliphatic carbocycles. The number of halogens is 1. The quantitative estimate of drug-likeness (QED) is 0.604. The summed E-state index contributed by atoms with van der Waals surface area (Å²) in [5.41, 5.74) is 2.08. The lowest BCUT2D eigenvalue weighted by Crippen LogP contribution is -2.51. The van der Waals surface area contributed by atoms with E-state index in [0.717, 1.165) is 58.1 Å². The van der Waals surface area contributed by atoms with Crippen LogP contribution in [0.4, 0.5) is 10.2 Å². The van der Waals surface area contributed by atoms with Gasteiger partial charge in [0.1, 0.15) is 5.82 Å². The Kier molecular flexibility index (Phi) is 5.87. The molecule has 0 saturated carbocycles. The summed E-state index contributed by atoms with van der Waals surface area (Å²) in [5.74, 6) is 0.0611. The first-order chi connectivity index (χ1) is 17.6. The molecule has 0 bridgehead atoms. The molecular weight excluding hydrogens is 461 g/mol. The molecule has 10 heteroatoms. The summed E-state index contributed by atoms with van der Waals surface area (Å²) in [4.78, 5) is 22.0. The predicted molar refractivity (Wildman–Crippen MR) is 130 cm³/mol. The number of piperidine rings is 1. The molecule has 184 valence electrons. The molecular formula is C26H26FN7O2. The fraction of sp³-hybridized carbons (Fsp3) is 0.385. The van der Waals surface area contributed by atoms with Crippen molar-refractivity contribution in [2.24, 2.45) is 0 Å². The number of benzene rings is 1. The second-order valence-electron chi connectivity index (χ2n) is 9.31. The second kappa shape index (κ2) is 9.33. The molecule has 1 amide bonds. The Morgan fingerprint density at radius 3 is 2.86 bits per heavy atom. The average Bonchev–Trinajstić information content (AvgIpc) is 3.56. The number of morpholine rings is 1. The van der Waals surface area contributed by atoms with Gasteiger partial charge in [-0.2, -0.15) is 10.4 Å². The maximum Gasteiger partial charge on any atom is 0.255 e. The van der Waals surface area contributed by atoms with E-state index in [1.807, 2.05) is 18.3 Å². The summed E-state index contributed by atoms with van der Waals surface area (Å²) in [6.07, 6.45) is 4.06. The number of nitriles is 1. The number of fused-ring (bicyclic) bond motifs is 1. The summed E-state index contributed by atoms with van der Waals surface area (Å²) in [6, 6.07) is 10.5. The Balaban J connectivity index is 1.36. The summed E-state index contributed by atoms with van der Waals surface area (Å²) in [5, 5.41) is 17.2. The Morgan fingerprint density at radius 2 is 2.03 bits per heavy atom. The molecule has 2 saturated heterocycles. The van der Waals surface area contributed by atoms with Crippen molar-refractivity contribution in [2.45, 2.75) is 25.4 Å². The highest BCUT2D eigenvalue weighted by atomic mass is 19.1. The van der Waals surface area contributed by atoms with Gasteiger partial charge < -0.3 is 15.0 Å². The second-order valence-corrected chi connectivity index (χ2v) is 9.31. The standard InChI is InChI=1S/C26H26FN7O2/c27-19-5-1-3-17(14-28)24(19)20-13-22(25-21(30-20)15-29-26(25)35)34-8-6-23(31-34)33-7-2-4-18(16-33)32-9-11-36-12-10-32/h1,3,5-6,8,13,18H,2,4,7,9-12,15-16H2,(H,29,35). The minimum atomic E-state index is -0.534. The fourth-order valence-corrected chi connectivity index (χ4v) is 5.42. The normalized spacial score (nSPS) is 20.2. The van der Waals surface area contributed by atoms with Crippen molar-refractivity contribution in [2.75, 3.05) is 44.3 Å². The molecule has 1 unspecified atom stereocenters. The van der Waals surface area contributed by atoms with Crippen molar-refractivity contribution >= 4 is 11.7 Å². The minimum absolute atomic E-state index is 0.125. The third-order valence-electron chi connectivity index (χ3n) is 7.21. The van der Waals surface area contributed by atoms with Gasteiger partial charge in [0, 0.05) is 44.5 Å². The molecule has 36 heavy (non-hydrogen) atoms. The number of pyridine rings is 1. The van der Waals surface area contributed by atoms with Crippen molar-refractivity contribution in [3.8, 4) is 23.0 Å². The van der Waals surface area contributed by atoms with Gasteiger partial charge in [-0.05, 0) is 31.0 Å². The van der Waals surface area contributed by atoms with Gasteiger partial charge in [-0.25, -0.2) is 14.1 Å². The smallest absolute Gasteiger partial charge is 0.255 e. The largest absolute Gasteiger partial charge is 0.379 e. The molecule has 1 atom stereocenters. The molecule has 5 heterocycles. The Labute approximate surface area is 208 Å². The number of nitrogens with zero attached hydrogens (tertiary/aromatic N) is 6. The van der Waals surface area contributed by atoms with Crippen LogP contribution in [0.3, 0.4) is 0 Å². The average molecular weight is 488 g/mol. The first-order valence-corrected chi connectivity index (χ1v) is 12.3. The van der Waals surface area contributed by atoms with E-state index in [1.165, 1.54) is 12.1 Å². The van der Waals surface area contributed by atoms with Crippen LogP contribution in [0.15, 0.2) is 36.5 Å². The van der Waals surface area contributed by atoms with E-state index in [4.69, 9.17) is 9.84 Å². The van der Waals surface area contributed by atoms with Crippen LogP contribution in [0.25, 0.3) is 16.9 Å². The number of amides is 1. The summed E-state index contributed by atoms with van der Waals surface area (Å²) in [7, 11) is 0. The van der Waals surface area contributed by atoms with Crippen LogP contribution in [0.2, 0.25) is 0 Å². The van der Waals surface area contributed by atoms with E-state index in [2.05, 4.69) is 20.1 Å². The van der Waals surface area contributed by atoms with Crippen LogP contribution in [-0.2, 0) is 11.3 Å². The van der Waals surface area contributed by atoms with Crippen LogP contribution < -0.4 is 10.2 Å². The SMILES string of the molecule is N#Cc1cccc(F)c1-c1cc(-n2ccc(N3CCCC(N4CCOCC4)C3)n2)c2c(n1)CNC2=O. The molecule has 1 aromatic carbocycles. The first-order valence-electron chi connectivity index (χ1n) is 12.3. The monoisotopic (exact) mass is 487 g/mol.